The number of allylic oxidation sites excluding steroid dienone is 1. The van der Waals surface area contributed by atoms with Gasteiger partial charge in [-0.1, -0.05) is 32.1 Å². The molecule has 0 fully saturated rings. The predicted octanol–water partition coefficient (Wildman–Crippen LogP) is 2.67. The molecule has 0 spiro atoms. The van der Waals surface area contributed by atoms with Crippen LogP contribution >= 0.6 is 0 Å². The number of carbonyl (C=O) groups excluding carboxylic acids is 1. The minimum Gasteiger partial charge on any atom is -0.507 e. The first kappa shape index (κ1) is 10.5. The Labute approximate surface area is 83.9 Å². The van der Waals surface area contributed by atoms with Crippen molar-refractivity contribution >= 4 is 6.29 Å². The highest BCUT2D eigenvalue weighted by atomic mass is 16.3. The fourth-order valence-corrected chi connectivity index (χ4v) is 1.29. The number of carbonyl (C=O) groups is 1. The quantitative estimate of drug-likeness (QED) is 0.587. The maximum absolute atomic E-state index is 10.6. The molecule has 14 heavy (non-hydrogen) atoms. The molecule has 0 aliphatic rings. The molecule has 0 amide bonds. The molecular weight excluding hydrogens is 176 g/mol. The third-order valence-electron chi connectivity index (χ3n) is 2.40. The number of benzene rings is 1. The molecule has 2 nitrogen and oxygen atoms in total. The maximum atomic E-state index is 10.6. The summed E-state index contributed by atoms with van der Waals surface area (Å²) in [5, 5.41) is 9.78. The highest BCUT2D eigenvalue weighted by Crippen LogP contribution is 2.33. The summed E-state index contributed by atoms with van der Waals surface area (Å²) in [4.78, 5) is 10.6. The summed E-state index contributed by atoms with van der Waals surface area (Å²) in [5.41, 5.74) is 0.706. The SMILES string of the molecule is C=CC(C)(C)c1cccc(C=O)c1O. The second-order valence-electron chi connectivity index (χ2n) is 3.79. The molecule has 0 aliphatic heterocycles. The van der Waals surface area contributed by atoms with Crippen LogP contribution < -0.4 is 0 Å². The zero-order valence-electron chi connectivity index (χ0n) is 8.45. The second-order valence-corrected chi connectivity index (χ2v) is 3.79. The van der Waals surface area contributed by atoms with Crippen LogP contribution in [0.2, 0.25) is 0 Å². The summed E-state index contributed by atoms with van der Waals surface area (Å²) in [6.07, 6.45) is 2.40. The van der Waals surface area contributed by atoms with E-state index in [1.54, 1.807) is 24.3 Å². The van der Waals surface area contributed by atoms with E-state index in [0.717, 1.165) is 5.56 Å². The first-order valence-electron chi connectivity index (χ1n) is 4.44. The van der Waals surface area contributed by atoms with Gasteiger partial charge in [-0.25, -0.2) is 0 Å². The fraction of sp³-hybridized carbons (Fsp3) is 0.250. The Balaban J connectivity index is 3.36. The lowest BCUT2D eigenvalue weighted by Gasteiger charge is -2.21. The fourth-order valence-electron chi connectivity index (χ4n) is 1.29. The van der Waals surface area contributed by atoms with Gasteiger partial charge >= 0.3 is 0 Å². The van der Waals surface area contributed by atoms with Gasteiger partial charge in [-0.05, 0) is 6.07 Å². The van der Waals surface area contributed by atoms with Gasteiger partial charge in [-0.2, -0.15) is 0 Å². The van der Waals surface area contributed by atoms with Gasteiger partial charge in [0.2, 0.25) is 0 Å². The normalized spacial score (nSPS) is 11.0. The highest BCUT2D eigenvalue weighted by Gasteiger charge is 2.21. The standard InChI is InChI=1S/C12H14O2/c1-4-12(2,3)10-7-5-6-9(8-13)11(10)14/h4-8,14H,1H2,2-3H3. The van der Waals surface area contributed by atoms with Crippen LogP contribution in [0.4, 0.5) is 0 Å². The van der Waals surface area contributed by atoms with E-state index < -0.39 is 0 Å². The molecule has 0 unspecified atom stereocenters. The van der Waals surface area contributed by atoms with E-state index in [9.17, 15) is 9.90 Å². The van der Waals surface area contributed by atoms with Gasteiger partial charge in [0.25, 0.3) is 0 Å². The average Bonchev–Trinajstić information content (AvgIpc) is 2.18. The van der Waals surface area contributed by atoms with Crippen molar-refractivity contribution in [2.24, 2.45) is 0 Å². The zero-order valence-corrected chi connectivity index (χ0v) is 8.45. The molecule has 0 atom stereocenters. The van der Waals surface area contributed by atoms with Crippen molar-refractivity contribution in [1.29, 1.82) is 0 Å². The Bertz CT molecular complexity index is 365. The largest absolute Gasteiger partial charge is 0.507 e. The monoisotopic (exact) mass is 190 g/mol. The van der Waals surface area contributed by atoms with Crippen molar-refractivity contribution in [3.05, 3.63) is 42.0 Å². The van der Waals surface area contributed by atoms with Crippen molar-refractivity contribution in [3.8, 4) is 5.75 Å². The van der Waals surface area contributed by atoms with Crippen LogP contribution in [0.3, 0.4) is 0 Å². The number of hydrogen-bond acceptors (Lipinski definition) is 2. The molecule has 0 saturated heterocycles. The van der Waals surface area contributed by atoms with E-state index in [4.69, 9.17) is 0 Å². The topological polar surface area (TPSA) is 37.3 Å². The molecular formula is C12H14O2. The molecule has 0 saturated carbocycles. The molecule has 2 heteroatoms. The van der Waals surface area contributed by atoms with Crippen molar-refractivity contribution < 1.29 is 9.90 Å². The average molecular weight is 190 g/mol. The van der Waals surface area contributed by atoms with Gasteiger partial charge in [-0.15, -0.1) is 6.58 Å². The smallest absolute Gasteiger partial charge is 0.153 e. The van der Waals surface area contributed by atoms with Crippen molar-refractivity contribution in [1.82, 2.24) is 0 Å². The Morgan fingerprint density at radius 1 is 1.43 bits per heavy atom. The van der Waals surface area contributed by atoms with Crippen molar-refractivity contribution in [3.63, 3.8) is 0 Å². The van der Waals surface area contributed by atoms with Gasteiger partial charge in [-0.3, -0.25) is 4.79 Å². The van der Waals surface area contributed by atoms with Crippen molar-refractivity contribution in [2.75, 3.05) is 0 Å². The van der Waals surface area contributed by atoms with Gasteiger partial charge < -0.3 is 5.11 Å². The summed E-state index contributed by atoms with van der Waals surface area (Å²) < 4.78 is 0. The molecule has 0 bridgehead atoms. The molecule has 0 aliphatic carbocycles. The number of aldehydes is 1. The van der Waals surface area contributed by atoms with Gasteiger partial charge in [0.1, 0.15) is 5.75 Å². The van der Waals surface area contributed by atoms with Gasteiger partial charge in [0.05, 0.1) is 5.56 Å². The highest BCUT2D eigenvalue weighted by molar-refractivity contribution is 5.80. The molecule has 0 heterocycles. The van der Waals surface area contributed by atoms with E-state index in [-0.39, 0.29) is 11.2 Å². The molecule has 74 valence electrons. The second kappa shape index (κ2) is 3.66. The molecule has 0 radical (unpaired) electrons. The Hall–Kier alpha value is -1.57. The van der Waals surface area contributed by atoms with Crippen LogP contribution in [0.5, 0.6) is 5.75 Å². The van der Waals surface area contributed by atoms with E-state index in [1.807, 2.05) is 13.8 Å². The van der Waals surface area contributed by atoms with Crippen LogP contribution in [0, 0.1) is 0 Å². The predicted molar refractivity (Wildman–Crippen MR) is 56.7 cm³/mol. The van der Waals surface area contributed by atoms with Crippen LogP contribution in [0.1, 0.15) is 29.8 Å². The summed E-state index contributed by atoms with van der Waals surface area (Å²) in [6, 6.07) is 5.14. The summed E-state index contributed by atoms with van der Waals surface area (Å²) in [7, 11) is 0. The van der Waals surface area contributed by atoms with Crippen LogP contribution in [0.15, 0.2) is 30.9 Å². The number of aromatic hydroxyl groups is 1. The van der Waals surface area contributed by atoms with E-state index in [1.165, 1.54) is 0 Å². The molecule has 1 rings (SSSR count). The van der Waals surface area contributed by atoms with E-state index in [2.05, 4.69) is 6.58 Å². The van der Waals surface area contributed by atoms with E-state index >= 15 is 0 Å². The van der Waals surface area contributed by atoms with Gasteiger partial charge in [0, 0.05) is 11.0 Å². The first-order valence-corrected chi connectivity index (χ1v) is 4.44. The molecule has 1 N–H and O–H groups in total. The van der Waals surface area contributed by atoms with E-state index in [0.29, 0.717) is 11.8 Å². The Kier molecular flexibility index (Phi) is 2.75. The lowest BCUT2D eigenvalue weighted by molar-refractivity contribution is 0.112. The first-order chi connectivity index (χ1) is 6.53. The van der Waals surface area contributed by atoms with Gasteiger partial charge in [0.15, 0.2) is 6.29 Å². The maximum Gasteiger partial charge on any atom is 0.153 e. The summed E-state index contributed by atoms with van der Waals surface area (Å²) in [6.45, 7) is 7.57. The lowest BCUT2D eigenvalue weighted by atomic mass is 9.83. The third kappa shape index (κ3) is 1.69. The molecule has 0 aromatic heterocycles. The Morgan fingerprint density at radius 3 is 2.57 bits per heavy atom. The number of phenols is 1. The number of phenolic OH excluding ortho intramolecular Hbond substituents is 1. The number of rotatable bonds is 3. The zero-order chi connectivity index (χ0) is 10.8. The minimum absolute atomic E-state index is 0.0485. The molecule has 1 aromatic rings. The van der Waals surface area contributed by atoms with Crippen LogP contribution in [-0.4, -0.2) is 11.4 Å². The summed E-state index contributed by atoms with van der Waals surface area (Å²) in [5.74, 6) is 0.0485. The number of hydrogen-bond donors (Lipinski definition) is 1. The molecule has 1 aromatic carbocycles. The third-order valence-corrected chi connectivity index (χ3v) is 2.40. The van der Waals surface area contributed by atoms with Crippen molar-refractivity contribution in [2.45, 2.75) is 19.3 Å². The number of para-hydroxylation sites is 1. The Morgan fingerprint density at radius 2 is 2.07 bits per heavy atom. The minimum atomic E-state index is -0.330. The summed E-state index contributed by atoms with van der Waals surface area (Å²) >= 11 is 0. The lowest BCUT2D eigenvalue weighted by Crippen LogP contribution is -2.13. The van der Waals surface area contributed by atoms with Crippen LogP contribution in [-0.2, 0) is 5.41 Å². The van der Waals surface area contributed by atoms with Crippen LogP contribution in [0.25, 0.3) is 0 Å².